The molecule has 0 aliphatic rings. The molecule has 0 saturated carbocycles. The maximum atomic E-state index is 8.38. The van der Waals surface area contributed by atoms with Gasteiger partial charge in [-0.15, -0.1) is 0 Å². The van der Waals surface area contributed by atoms with Crippen molar-refractivity contribution in [2.45, 2.75) is 26.1 Å². The average molecular weight is 151 g/mol. The Morgan fingerprint density at radius 1 is 1.20 bits per heavy atom. The van der Waals surface area contributed by atoms with E-state index in [2.05, 4.69) is 0 Å². The van der Waals surface area contributed by atoms with Crippen LogP contribution in [0.4, 0.5) is 0 Å². The molecule has 0 heterocycles. The van der Waals surface area contributed by atoms with E-state index < -0.39 is 12.2 Å². The normalized spacial score (nSPS) is 15.0. The van der Waals surface area contributed by atoms with E-state index in [4.69, 9.17) is 21.1 Å². The molecule has 0 bridgehead atoms. The first-order valence-electron chi connectivity index (χ1n) is 3.23. The summed E-state index contributed by atoms with van der Waals surface area (Å²) in [7, 11) is 0. The molecule has 0 amide bonds. The molecule has 4 heteroatoms. The molecular formula is C6H17NO3. The summed E-state index contributed by atoms with van der Waals surface area (Å²) in [5.41, 5.74) is 4.78. The topological polar surface area (TPSA) is 86.7 Å². The molecular weight excluding hydrogens is 134 g/mol. The zero-order valence-electron chi connectivity index (χ0n) is 6.49. The fourth-order valence-corrected chi connectivity index (χ4v) is 0. The largest absolute Gasteiger partial charge is 0.395 e. The van der Waals surface area contributed by atoms with Crippen LogP contribution in [-0.4, -0.2) is 40.7 Å². The van der Waals surface area contributed by atoms with Gasteiger partial charge in [0.2, 0.25) is 0 Å². The van der Waals surface area contributed by atoms with Gasteiger partial charge in [0.1, 0.15) is 0 Å². The third-order valence-corrected chi connectivity index (χ3v) is 0.827. The lowest BCUT2D eigenvalue weighted by Gasteiger charge is -2.03. The van der Waals surface area contributed by atoms with Gasteiger partial charge < -0.3 is 21.1 Å². The second kappa shape index (κ2) is 8.84. The Bertz CT molecular complexity index is 49.0. The molecule has 0 aromatic carbocycles. The summed E-state index contributed by atoms with van der Waals surface area (Å²) >= 11 is 0. The highest BCUT2D eigenvalue weighted by Crippen LogP contribution is 1.85. The smallest absolute Gasteiger partial charge is 0.0768 e. The predicted octanol–water partition coefficient (Wildman–Crippen LogP) is -1.31. The molecule has 4 nitrogen and oxygen atoms in total. The SMILES string of the molecule is CC(O)C(C)O.NCCO. The first-order chi connectivity index (χ1) is 4.56. The lowest BCUT2D eigenvalue weighted by Crippen LogP contribution is -2.17. The van der Waals surface area contributed by atoms with Crippen LogP contribution >= 0.6 is 0 Å². The van der Waals surface area contributed by atoms with Crippen molar-refractivity contribution >= 4 is 0 Å². The van der Waals surface area contributed by atoms with Crippen LogP contribution in [0.25, 0.3) is 0 Å². The quantitative estimate of drug-likeness (QED) is 0.394. The monoisotopic (exact) mass is 151 g/mol. The molecule has 0 aromatic rings. The molecule has 64 valence electrons. The van der Waals surface area contributed by atoms with E-state index >= 15 is 0 Å². The minimum atomic E-state index is -0.593. The molecule has 0 aliphatic carbocycles. The third-order valence-electron chi connectivity index (χ3n) is 0.827. The van der Waals surface area contributed by atoms with Crippen molar-refractivity contribution in [1.29, 1.82) is 0 Å². The summed E-state index contributed by atoms with van der Waals surface area (Å²) < 4.78 is 0. The Labute approximate surface area is 61.3 Å². The lowest BCUT2D eigenvalue weighted by molar-refractivity contribution is 0.0438. The summed E-state index contributed by atoms with van der Waals surface area (Å²) in [6.45, 7) is 3.56. The fourth-order valence-electron chi connectivity index (χ4n) is 0. The molecule has 5 N–H and O–H groups in total. The van der Waals surface area contributed by atoms with Crippen LogP contribution in [0.5, 0.6) is 0 Å². The zero-order chi connectivity index (χ0) is 8.57. The van der Waals surface area contributed by atoms with Gasteiger partial charge in [-0.25, -0.2) is 0 Å². The van der Waals surface area contributed by atoms with Gasteiger partial charge in [0.15, 0.2) is 0 Å². The van der Waals surface area contributed by atoms with Gasteiger partial charge in [0.05, 0.1) is 18.8 Å². The third kappa shape index (κ3) is 15.7. The molecule has 2 unspecified atom stereocenters. The zero-order valence-corrected chi connectivity index (χ0v) is 6.49. The Morgan fingerprint density at radius 3 is 1.40 bits per heavy atom. The predicted molar refractivity (Wildman–Crippen MR) is 39.5 cm³/mol. The van der Waals surface area contributed by atoms with E-state index in [0.717, 1.165) is 0 Å². The van der Waals surface area contributed by atoms with Crippen molar-refractivity contribution in [3.8, 4) is 0 Å². The van der Waals surface area contributed by atoms with Crippen LogP contribution in [0, 0.1) is 0 Å². The second-order valence-corrected chi connectivity index (χ2v) is 1.99. The molecule has 0 saturated heterocycles. The van der Waals surface area contributed by atoms with Gasteiger partial charge in [0.25, 0.3) is 0 Å². The molecule has 0 fully saturated rings. The lowest BCUT2D eigenvalue weighted by atomic mass is 10.3. The van der Waals surface area contributed by atoms with Crippen molar-refractivity contribution in [1.82, 2.24) is 0 Å². The first kappa shape index (κ1) is 12.5. The number of aliphatic hydroxyl groups excluding tert-OH is 3. The van der Waals surface area contributed by atoms with Crippen LogP contribution < -0.4 is 5.73 Å². The highest BCUT2D eigenvalue weighted by Gasteiger charge is 1.99. The van der Waals surface area contributed by atoms with Crippen LogP contribution in [0.15, 0.2) is 0 Å². The Hall–Kier alpha value is -0.160. The maximum absolute atomic E-state index is 8.38. The van der Waals surface area contributed by atoms with E-state index in [1.807, 2.05) is 0 Å². The van der Waals surface area contributed by atoms with Crippen LogP contribution in [0.1, 0.15) is 13.8 Å². The Balaban J connectivity index is 0. The van der Waals surface area contributed by atoms with Crippen molar-refractivity contribution in [3.05, 3.63) is 0 Å². The number of rotatable bonds is 2. The van der Waals surface area contributed by atoms with Gasteiger partial charge in [-0.3, -0.25) is 0 Å². The standard InChI is InChI=1S/C4H10O2.C2H7NO/c1-3(5)4(2)6;3-1-2-4/h3-6H,1-2H3;4H,1-3H2. The number of nitrogens with two attached hydrogens (primary N) is 1. The first-order valence-corrected chi connectivity index (χ1v) is 3.23. The maximum Gasteiger partial charge on any atom is 0.0768 e. The average Bonchev–Trinajstić information content (AvgIpc) is 1.89. The number of aliphatic hydroxyl groups is 3. The summed E-state index contributed by atoms with van der Waals surface area (Å²) in [4.78, 5) is 0. The highest BCUT2D eigenvalue weighted by molar-refractivity contribution is 4.50. The summed E-state index contributed by atoms with van der Waals surface area (Å²) in [6, 6.07) is 0. The van der Waals surface area contributed by atoms with Crippen LogP contribution in [0.2, 0.25) is 0 Å². The highest BCUT2D eigenvalue weighted by atomic mass is 16.3. The molecule has 0 aliphatic heterocycles. The molecule has 0 radical (unpaired) electrons. The second-order valence-electron chi connectivity index (χ2n) is 1.99. The molecule has 0 spiro atoms. The molecule has 2 atom stereocenters. The van der Waals surface area contributed by atoms with E-state index in [0.29, 0.717) is 6.54 Å². The van der Waals surface area contributed by atoms with Gasteiger partial charge in [-0.2, -0.15) is 0 Å². The van der Waals surface area contributed by atoms with Crippen molar-refractivity contribution in [2.24, 2.45) is 5.73 Å². The molecule has 0 rings (SSSR count). The van der Waals surface area contributed by atoms with Crippen LogP contribution in [0.3, 0.4) is 0 Å². The van der Waals surface area contributed by atoms with E-state index in [1.165, 1.54) is 0 Å². The molecule has 10 heavy (non-hydrogen) atoms. The summed E-state index contributed by atoms with van der Waals surface area (Å²) in [5.74, 6) is 0. The minimum absolute atomic E-state index is 0.0972. The van der Waals surface area contributed by atoms with Crippen molar-refractivity contribution in [3.63, 3.8) is 0 Å². The Morgan fingerprint density at radius 2 is 1.40 bits per heavy atom. The number of hydrogen-bond donors (Lipinski definition) is 4. The van der Waals surface area contributed by atoms with Crippen molar-refractivity contribution in [2.75, 3.05) is 13.2 Å². The van der Waals surface area contributed by atoms with E-state index in [1.54, 1.807) is 13.8 Å². The van der Waals surface area contributed by atoms with Crippen LogP contribution in [-0.2, 0) is 0 Å². The molecule has 0 aromatic heterocycles. The number of hydrogen-bond acceptors (Lipinski definition) is 4. The fraction of sp³-hybridized carbons (Fsp3) is 1.00. The van der Waals surface area contributed by atoms with Gasteiger partial charge in [-0.1, -0.05) is 0 Å². The summed E-state index contributed by atoms with van der Waals surface area (Å²) in [5, 5.41) is 24.5. The van der Waals surface area contributed by atoms with Gasteiger partial charge in [0, 0.05) is 6.54 Å². The minimum Gasteiger partial charge on any atom is -0.395 e. The van der Waals surface area contributed by atoms with Crippen molar-refractivity contribution < 1.29 is 15.3 Å². The van der Waals surface area contributed by atoms with Gasteiger partial charge in [-0.05, 0) is 13.8 Å². The van der Waals surface area contributed by atoms with E-state index in [-0.39, 0.29) is 6.61 Å². The van der Waals surface area contributed by atoms with E-state index in [9.17, 15) is 0 Å². The summed E-state index contributed by atoms with van der Waals surface area (Å²) in [6.07, 6.45) is -1.19. The Kier molecular flexibility index (Phi) is 11.1. The van der Waals surface area contributed by atoms with Gasteiger partial charge >= 0.3 is 0 Å².